The zero-order valence-electron chi connectivity index (χ0n) is 12.5. The van der Waals surface area contributed by atoms with Crippen molar-refractivity contribution in [3.05, 3.63) is 45.7 Å². The molecule has 0 atom stereocenters. The minimum atomic E-state index is -1.67. The Hall–Kier alpha value is -3.82. The molecule has 0 unspecified atom stereocenters. The molecular weight excluding hydrogens is 336 g/mol. The van der Waals surface area contributed by atoms with Crippen LogP contribution >= 0.6 is 0 Å². The summed E-state index contributed by atoms with van der Waals surface area (Å²) in [5.41, 5.74) is 2.40. The number of rotatable bonds is 6. The Balaban J connectivity index is 2.87. The summed E-state index contributed by atoms with van der Waals surface area (Å²) in [6, 6.07) is 5.52. The molecule has 6 N–H and O–H groups in total. The Kier molecular flexibility index (Phi) is 4.73. The fraction of sp³-hybridized carbons (Fsp3) is 0.0667. The van der Waals surface area contributed by atoms with Gasteiger partial charge in [-0.2, -0.15) is 0 Å². The first-order valence-electron chi connectivity index (χ1n) is 6.70. The van der Waals surface area contributed by atoms with Gasteiger partial charge in [0.1, 0.15) is 22.7 Å². The lowest BCUT2D eigenvalue weighted by molar-refractivity contribution is -0.139. The highest BCUT2D eigenvalue weighted by atomic mass is 16.5. The highest BCUT2D eigenvalue weighted by Crippen LogP contribution is 2.35. The maximum atomic E-state index is 12.0. The van der Waals surface area contributed by atoms with E-state index in [0.717, 1.165) is 0 Å². The molecule has 0 aliphatic carbocycles. The van der Waals surface area contributed by atoms with E-state index < -0.39 is 52.6 Å². The number of carboxylic acids is 3. The number of benzene rings is 1. The number of para-hydroxylation sites is 1. The predicted octanol–water partition coefficient (Wildman–Crippen LogP) is 0.484. The topological polar surface area (TPSA) is 180 Å². The fourth-order valence-corrected chi connectivity index (χ4v) is 2.25. The number of anilines is 1. The van der Waals surface area contributed by atoms with Gasteiger partial charge in [-0.3, -0.25) is 4.79 Å². The van der Waals surface area contributed by atoms with Gasteiger partial charge in [0.15, 0.2) is 6.61 Å². The molecule has 0 saturated heterocycles. The van der Waals surface area contributed by atoms with Crippen LogP contribution in [0.2, 0.25) is 0 Å². The molecule has 130 valence electrons. The van der Waals surface area contributed by atoms with E-state index in [0.29, 0.717) is 0 Å². The van der Waals surface area contributed by atoms with Gasteiger partial charge >= 0.3 is 17.9 Å². The number of aromatic nitrogens is 1. The molecule has 2 rings (SSSR count). The average molecular weight is 348 g/mol. The number of aliphatic carboxylic acids is 1. The van der Waals surface area contributed by atoms with E-state index in [-0.39, 0.29) is 11.3 Å². The van der Waals surface area contributed by atoms with Crippen molar-refractivity contribution in [3.8, 4) is 16.9 Å². The molecule has 2 aromatic rings. The van der Waals surface area contributed by atoms with Crippen LogP contribution in [0, 0.1) is 0 Å². The number of carbonyl (C=O) groups is 3. The summed E-state index contributed by atoms with van der Waals surface area (Å²) >= 11 is 0. The van der Waals surface area contributed by atoms with Crippen LogP contribution in [0.25, 0.3) is 11.1 Å². The second kappa shape index (κ2) is 6.74. The Morgan fingerprint density at radius 3 is 2.20 bits per heavy atom. The van der Waals surface area contributed by atoms with Crippen molar-refractivity contribution >= 4 is 23.7 Å². The molecule has 0 aliphatic heterocycles. The van der Waals surface area contributed by atoms with Crippen molar-refractivity contribution in [1.82, 2.24) is 4.98 Å². The number of aromatic carboxylic acids is 2. The summed E-state index contributed by atoms with van der Waals surface area (Å²) in [6.45, 7) is -0.750. The third-order valence-electron chi connectivity index (χ3n) is 3.18. The molecule has 1 aromatic carbocycles. The van der Waals surface area contributed by atoms with Gasteiger partial charge in [0.25, 0.3) is 5.56 Å². The van der Waals surface area contributed by atoms with E-state index in [1.165, 1.54) is 24.3 Å². The summed E-state index contributed by atoms with van der Waals surface area (Å²) in [6.07, 6.45) is 0. The SMILES string of the molecule is Nc1[nH]c(=O)c(C(=O)O)c(-c2ccccc2OCC(=O)O)c1C(=O)O. The number of carboxylic acid groups (broad SMARTS) is 3. The number of nitrogens with one attached hydrogen (secondary N) is 1. The molecule has 0 spiro atoms. The van der Waals surface area contributed by atoms with E-state index in [1.807, 2.05) is 4.98 Å². The molecule has 10 nitrogen and oxygen atoms in total. The standard InChI is InChI=1S/C15H12N2O8/c16-12-10(14(21)22)9(11(15(23)24)13(20)17-12)6-3-1-2-4-7(6)25-5-8(18)19/h1-4H,5H2,(H,18,19)(H,21,22)(H,23,24)(H3,16,17,20). The van der Waals surface area contributed by atoms with Crippen molar-refractivity contribution in [1.29, 1.82) is 0 Å². The van der Waals surface area contributed by atoms with Crippen LogP contribution in [-0.4, -0.2) is 44.8 Å². The number of ether oxygens (including phenoxy) is 1. The summed E-state index contributed by atoms with van der Waals surface area (Å²) in [7, 11) is 0. The number of pyridine rings is 1. The molecule has 0 aliphatic rings. The monoisotopic (exact) mass is 348 g/mol. The molecular formula is C15H12N2O8. The minimum absolute atomic E-state index is 0.0867. The molecule has 0 saturated carbocycles. The van der Waals surface area contributed by atoms with Crippen molar-refractivity contribution in [2.45, 2.75) is 0 Å². The van der Waals surface area contributed by atoms with E-state index in [1.54, 1.807) is 0 Å². The lowest BCUT2D eigenvalue weighted by Gasteiger charge is -2.15. The van der Waals surface area contributed by atoms with Crippen LogP contribution in [0.15, 0.2) is 29.1 Å². The number of hydrogen-bond acceptors (Lipinski definition) is 6. The Bertz CT molecular complexity index is 932. The van der Waals surface area contributed by atoms with Crippen molar-refractivity contribution in [2.24, 2.45) is 0 Å². The van der Waals surface area contributed by atoms with Crippen LogP contribution in [0.3, 0.4) is 0 Å². The molecule has 0 amide bonds. The molecule has 0 radical (unpaired) electrons. The third-order valence-corrected chi connectivity index (χ3v) is 3.18. The third kappa shape index (κ3) is 3.42. The molecule has 1 heterocycles. The van der Waals surface area contributed by atoms with Crippen molar-refractivity contribution < 1.29 is 34.4 Å². The van der Waals surface area contributed by atoms with Crippen LogP contribution in [-0.2, 0) is 4.79 Å². The van der Waals surface area contributed by atoms with Gasteiger partial charge in [-0.1, -0.05) is 18.2 Å². The van der Waals surface area contributed by atoms with Gasteiger partial charge in [-0.05, 0) is 6.07 Å². The number of aromatic amines is 1. The molecule has 10 heteroatoms. The van der Waals surface area contributed by atoms with Crippen LogP contribution in [0.5, 0.6) is 5.75 Å². The highest BCUT2D eigenvalue weighted by Gasteiger charge is 2.28. The van der Waals surface area contributed by atoms with Crippen LogP contribution < -0.4 is 16.0 Å². The van der Waals surface area contributed by atoms with Gasteiger partial charge in [0.2, 0.25) is 0 Å². The normalized spacial score (nSPS) is 10.2. The lowest BCUT2D eigenvalue weighted by Crippen LogP contribution is -2.24. The maximum Gasteiger partial charge on any atom is 0.342 e. The van der Waals surface area contributed by atoms with Gasteiger partial charge in [0.05, 0.1) is 0 Å². The number of nitrogen functional groups attached to an aromatic ring is 1. The Labute approximate surface area is 139 Å². The maximum absolute atomic E-state index is 12.0. The summed E-state index contributed by atoms with van der Waals surface area (Å²) in [5, 5.41) is 27.4. The quantitative estimate of drug-likeness (QED) is 0.496. The molecule has 25 heavy (non-hydrogen) atoms. The second-order valence-corrected chi connectivity index (χ2v) is 4.78. The van der Waals surface area contributed by atoms with E-state index >= 15 is 0 Å². The Morgan fingerprint density at radius 2 is 1.64 bits per heavy atom. The van der Waals surface area contributed by atoms with Crippen LogP contribution in [0.1, 0.15) is 20.7 Å². The van der Waals surface area contributed by atoms with E-state index in [4.69, 9.17) is 15.6 Å². The lowest BCUT2D eigenvalue weighted by atomic mass is 9.94. The highest BCUT2D eigenvalue weighted by molar-refractivity contribution is 6.08. The van der Waals surface area contributed by atoms with Gasteiger partial charge in [0, 0.05) is 11.1 Å². The molecule has 0 bridgehead atoms. The van der Waals surface area contributed by atoms with Gasteiger partial charge < -0.3 is 30.8 Å². The first-order valence-corrected chi connectivity index (χ1v) is 6.70. The molecule has 1 aromatic heterocycles. The number of H-pyrrole nitrogens is 1. The minimum Gasteiger partial charge on any atom is -0.481 e. The zero-order valence-corrected chi connectivity index (χ0v) is 12.5. The summed E-state index contributed by atoms with van der Waals surface area (Å²) < 4.78 is 5.06. The van der Waals surface area contributed by atoms with Gasteiger partial charge in [-0.15, -0.1) is 0 Å². The molecule has 0 fully saturated rings. The summed E-state index contributed by atoms with van der Waals surface area (Å²) in [5.74, 6) is -5.19. The number of hydrogen-bond donors (Lipinski definition) is 5. The first kappa shape index (κ1) is 17.5. The fourth-order valence-electron chi connectivity index (χ4n) is 2.25. The summed E-state index contributed by atoms with van der Waals surface area (Å²) in [4.78, 5) is 47.7. The predicted molar refractivity (Wildman–Crippen MR) is 84.0 cm³/mol. The first-order chi connectivity index (χ1) is 11.7. The Morgan fingerprint density at radius 1 is 1.04 bits per heavy atom. The number of nitrogens with two attached hydrogens (primary N) is 1. The van der Waals surface area contributed by atoms with Gasteiger partial charge in [-0.25, -0.2) is 14.4 Å². The zero-order chi connectivity index (χ0) is 18.7. The van der Waals surface area contributed by atoms with Crippen molar-refractivity contribution in [3.63, 3.8) is 0 Å². The van der Waals surface area contributed by atoms with Crippen LogP contribution in [0.4, 0.5) is 5.82 Å². The van der Waals surface area contributed by atoms with E-state index in [9.17, 15) is 29.4 Å². The smallest absolute Gasteiger partial charge is 0.342 e. The second-order valence-electron chi connectivity index (χ2n) is 4.78. The largest absolute Gasteiger partial charge is 0.481 e. The average Bonchev–Trinajstić information content (AvgIpc) is 2.51. The van der Waals surface area contributed by atoms with E-state index in [2.05, 4.69) is 0 Å². The van der Waals surface area contributed by atoms with Crippen molar-refractivity contribution in [2.75, 3.05) is 12.3 Å².